The van der Waals surface area contributed by atoms with Gasteiger partial charge in [0.2, 0.25) is 5.91 Å². The highest BCUT2D eigenvalue weighted by molar-refractivity contribution is 8.06. The molecule has 1 heterocycles. The Kier molecular flexibility index (Phi) is 5.34. The van der Waals surface area contributed by atoms with Crippen molar-refractivity contribution in [3.63, 3.8) is 0 Å². The van der Waals surface area contributed by atoms with Crippen LogP contribution in [0.25, 0.3) is 0 Å². The van der Waals surface area contributed by atoms with Crippen LogP contribution in [-0.2, 0) is 14.6 Å². The minimum atomic E-state index is -4.16. The van der Waals surface area contributed by atoms with Crippen LogP contribution in [0.1, 0.15) is 24.0 Å². The van der Waals surface area contributed by atoms with E-state index in [4.69, 9.17) is 0 Å². The van der Waals surface area contributed by atoms with Crippen LogP contribution in [0.2, 0.25) is 0 Å². The van der Waals surface area contributed by atoms with Crippen molar-refractivity contribution >= 4 is 21.0 Å². The van der Waals surface area contributed by atoms with E-state index < -0.39 is 15.1 Å². The molecular formula is C18H25N3O4S. The monoisotopic (exact) mass is 379 g/mol. The average Bonchev–Trinajstić information content (AvgIpc) is 3.46. The third-order valence-electron chi connectivity index (χ3n) is 4.99. The summed E-state index contributed by atoms with van der Waals surface area (Å²) < 4.78 is 25.0. The maximum atomic E-state index is 12.5. The number of benzene rings is 1. The van der Waals surface area contributed by atoms with Gasteiger partial charge in [-0.2, -0.15) is 0 Å². The quantitative estimate of drug-likeness (QED) is 0.846. The van der Waals surface area contributed by atoms with Crippen LogP contribution in [0.4, 0.5) is 4.79 Å². The molecule has 0 radical (unpaired) electrons. The molecule has 0 unspecified atom stereocenters. The van der Waals surface area contributed by atoms with E-state index >= 15 is 0 Å². The number of aryl methyl sites for hydroxylation is 2. The molecule has 0 spiro atoms. The number of amides is 2. The minimum Gasteiger partial charge on any atom is -0.339 e. The fraction of sp³-hybridized carbons (Fsp3) is 0.556. The van der Waals surface area contributed by atoms with Gasteiger partial charge in [-0.15, -0.1) is 0 Å². The van der Waals surface area contributed by atoms with Gasteiger partial charge in [-0.05, 0) is 43.9 Å². The van der Waals surface area contributed by atoms with Gasteiger partial charge >= 0.3 is 5.24 Å². The van der Waals surface area contributed by atoms with Gasteiger partial charge in [-0.25, -0.2) is 8.42 Å². The first-order valence-corrected chi connectivity index (χ1v) is 10.4. The molecule has 1 aliphatic heterocycles. The Morgan fingerprint density at radius 3 is 2.38 bits per heavy atom. The van der Waals surface area contributed by atoms with Crippen molar-refractivity contribution in [3.05, 3.63) is 29.3 Å². The second kappa shape index (κ2) is 7.36. The summed E-state index contributed by atoms with van der Waals surface area (Å²) in [6.45, 7) is 6.03. The van der Waals surface area contributed by atoms with E-state index in [1.54, 1.807) is 30.9 Å². The van der Waals surface area contributed by atoms with E-state index in [2.05, 4.69) is 10.2 Å². The first kappa shape index (κ1) is 18.8. The molecule has 3 rings (SSSR count). The van der Waals surface area contributed by atoms with E-state index in [0.29, 0.717) is 24.7 Å². The number of piperazine rings is 1. The standard InChI is InChI=1S/C18H25N3O4S/c1-13-3-4-14(2)16(11-13)26(24,25)18(23)19-12-17(22)21-9-7-20(8-10-21)15-5-6-15/h3-4,11,15H,5-10,12H2,1-2H3,(H,19,23). The summed E-state index contributed by atoms with van der Waals surface area (Å²) in [5.41, 5.74) is 1.26. The molecule has 2 fully saturated rings. The van der Waals surface area contributed by atoms with Crippen molar-refractivity contribution in [1.29, 1.82) is 0 Å². The Labute approximate surface area is 154 Å². The lowest BCUT2D eigenvalue weighted by Crippen LogP contribution is -2.51. The van der Waals surface area contributed by atoms with E-state index in [-0.39, 0.29) is 17.3 Å². The van der Waals surface area contributed by atoms with Gasteiger partial charge in [0.25, 0.3) is 9.84 Å². The SMILES string of the molecule is Cc1ccc(C)c(S(=O)(=O)C(=O)NCC(=O)N2CCN(C3CC3)CC2)c1. The second-order valence-electron chi connectivity index (χ2n) is 7.06. The van der Waals surface area contributed by atoms with Gasteiger partial charge in [0.1, 0.15) is 0 Å². The summed E-state index contributed by atoms with van der Waals surface area (Å²) in [5, 5.41) is 1.15. The summed E-state index contributed by atoms with van der Waals surface area (Å²) in [7, 11) is -4.16. The highest BCUT2D eigenvalue weighted by Crippen LogP contribution is 2.27. The molecule has 0 atom stereocenters. The number of rotatable bonds is 4. The van der Waals surface area contributed by atoms with Crippen LogP contribution < -0.4 is 5.32 Å². The number of carbonyl (C=O) groups excluding carboxylic acids is 2. The number of nitrogens with one attached hydrogen (secondary N) is 1. The molecule has 7 nitrogen and oxygen atoms in total. The molecule has 1 saturated heterocycles. The Hall–Kier alpha value is -1.93. The lowest BCUT2D eigenvalue weighted by Gasteiger charge is -2.34. The Balaban J connectivity index is 1.56. The fourth-order valence-electron chi connectivity index (χ4n) is 3.23. The van der Waals surface area contributed by atoms with Crippen molar-refractivity contribution in [1.82, 2.24) is 15.1 Å². The van der Waals surface area contributed by atoms with Crippen LogP contribution in [-0.4, -0.2) is 68.1 Å². The van der Waals surface area contributed by atoms with Gasteiger partial charge in [-0.3, -0.25) is 14.5 Å². The molecule has 1 aromatic carbocycles. The average molecular weight is 379 g/mol. The molecule has 26 heavy (non-hydrogen) atoms. The van der Waals surface area contributed by atoms with Crippen LogP contribution >= 0.6 is 0 Å². The zero-order valence-electron chi connectivity index (χ0n) is 15.2. The fourth-order valence-corrected chi connectivity index (χ4v) is 4.52. The molecule has 142 valence electrons. The summed E-state index contributed by atoms with van der Waals surface area (Å²) in [6, 6.07) is 5.61. The van der Waals surface area contributed by atoms with Crippen LogP contribution in [0, 0.1) is 13.8 Å². The van der Waals surface area contributed by atoms with Crippen LogP contribution in [0.5, 0.6) is 0 Å². The third kappa shape index (κ3) is 4.07. The van der Waals surface area contributed by atoms with Gasteiger partial charge in [0.05, 0.1) is 11.4 Å². The minimum absolute atomic E-state index is 0.0134. The van der Waals surface area contributed by atoms with Gasteiger partial charge in [0, 0.05) is 32.2 Å². The predicted octanol–water partition coefficient (Wildman–Crippen LogP) is 1.09. The largest absolute Gasteiger partial charge is 0.341 e. The Bertz CT molecular complexity index is 810. The van der Waals surface area contributed by atoms with E-state index in [1.165, 1.54) is 18.9 Å². The predicted molar refractivity (Wildman–Crippen MR) is 97.7 cm³/mol. The molecule has 1 aromatic rings. The molecule has 2 amide bonds. The number of hydrogen-bond acceptors (Lipinski definition) is 5. The van der Waals surface area contributed by atoms with Crippen molar-refractivity contribution < 1.29 is 18.0 Å². The molecule has 1 N–H and O–H groups in total. The second-order valence-corrected chi connectivity index (χ2v) is 8.88. The van der Waals surface area contributed by atoms with Gasteiger partial charge in [0.15, 0.2) is 0 Å². The first-order valence-electron chi connectivity index (χ1n) is 8.91. The molecule has 0 bridgehead atoms. The first-order chi connectivity index (χ1) is 12.3. The lowest BCUT2D eigenvalue weighted by molar-refractivity contribution is -0.131. The zero-order chi connectivity index (χ0) is 18.9. The summed E-state index contributed by atoms with van der Waals surface area (Å²) in [6.07, 6.45) is 2.47. The highest BCUT2D eigenvalue weighted by Gasteiger charge is 2.33. The topological polar surface area (TPSA) is 86.8 Å². The Morgan fingerprint density at radius 1 is 1.12 bits per heavy atom. The molecular weight excluding hydrogens is 354 g/mol. The molecule has 0 aromatic heterocycles. The number of sulfone groups is 1. The lowest BCUT2D eigenvalue weighted by atomic mass is 10.2. The zero-order valence-corrected chi connectivity index (χ0v) is 16.0. The van der Waals surface area contributed by atoms with Crippen molar-refractivity contribution in [2.75, 3.05) is 32.7 Å². The Morgan fingerprint density at radius 2 is 1.77 bits per heavy atom. The molecule has 1 saturated carbocycles. The van der Waals surface area contributed by atoms with Crippen molar-refractivity contribution in [2.45, 2.75) is 37.6 Å². The molecule has 2 aliphatic rings. The number of nitrogens with zero attached hydrogens (tertiary/aromatic N) is 2. The molecule has 8 heteroatoms. The summed E-state index contributed by atoms with van der Waals surface area (Å²) in [4.78, 5) is 28.5. The number of hydrogen-bond donors (Lipinski definition) is 1. The third-order valence-corrected chi connectivity index (χ3v) is 6.64. The highest BCUT2D eigenvalue weighted by atomic mass is 32.2. The van der Waals surface area contributed by atoms with Crippen LogP contribution in [0.3, 0.4) is 0 Å². The summed E-state index contributed by atoms with van der Waals surface area (Å²) >= 11 is 0. The summed E-state index contributed by atoms with van der Waals surface area (Å²) in [5.74, 6) is -0.245. The normalized spacial score (nSPS) is 18.6. The van der Waals surface area contributed by atoms with Gasteiger partial charge in [-0.1, -0.05) is 12.1 Å². The van der Waals surface area contributed by atoms with E-state index in [9.17, 15) is 18.0 Å². The maximum Gasteiger partial charge on any atom is 0.341 e. The maximum absolute atomic E-state index is 12.5. The van der Waals surface area contributed by atoms with Gasteiger partial charge < -0.3 is 10.2 Å². The van der Waals surface area contributed by atoms with E-state index in [1.807, 2.05) is 0 Å². The van der Waals surface area contributed by atoms with Crippen molar-refractivity contribution in [3.8, 4) is 0 Å². The van der Waals surface area contributed by atoms with E-state index in [0.717, 1.165) is 18.7 Å². The molecule has 1 aliphatic carbocycles. The van der Waals surface area contributed by atoms with Crippen molar-refractivity contribution in [2.24, 2.45) is 0 Å². The number of carbonyl (C=O) groups is 2. The smallest absolute Gasteiger partial charge is 0.339 e. The van der Waals surface area contributed by atoms with Crippen LogP contribution in [0.15, 0.2) is 23.1 Å².